The Labute approximate surface area is 245 Å². The first-order chi connectivity index (χ1) is 20.3. The topological polar surface area (TPSA) is 140 Å². The number of aromatic nitrogens is 4. The van der Waals surface area contributed by atoms with Crippen LogP contribution in [0.15, 0.2) is 73.1 Å². The molecule has 0 bridgehead atoms. The van der Waals surface area contributed by atoms with E-state index in [4.69, 9.17) is 16.3 Å². The van der Waals surface area contributed by atoms with Crippen LogP contribution >= 0.6 is 11.6 Å². The highest BCUT2D eigenvalue weighted by atomic mass is 35.5. The summed E-state index contributed by atoms with van der Waals surface area (Å²) in [4.78, 5) is 54.2. The lowest BCUT2D eigenvalue weighted by Gasteiger charge is -2.38. The van der Waals surface area contributed by atoms with Gasteiger partial charge in [0, 0.05) is 17.1 Å². The number of amides is 3. The number of ether oxygens (including phenoxy) is 1. The van der Waals surface area contributed by atoms with Crippen molar-refractivity contribution in [2.75, 3.05) is 23.3 Å². The zero-order valence-corrected chi connectivity index (χ0v) is 23.3. The van der Waals surface area contributed by atoms with E-state index < -0.39 is 23.8 Å². The van der Waals surface area contributed by atoms with Gasteiger partial charge in [-0.1, -0.05) is 48.0 Å². The number of rotatable bonds is 10. The Balaban J connectivity index is 1.42. The van der Waals surface area contributed by atoms with E-state index >= 15 is 0 Å². The fourth-order valence-electron chi connectivity index (χ4n) is 4.75. The number of nitrogens with zero attached hydrogens (tertiary/aromatic N) is 6. The molecule has 1 saturated heterocycles. The van der Waals surface area contributed by atoms with Crippen LogP contribution in [0, 0.1) is 6.92 Å². The minimum atomic E-state index is -0.986. The number of hydrogen-bond donors (Lipinski definition) is 1. The summed E-state index contributed by atoms with van der Waals surface area (Å²) in [5.41, 5.74) is 3.72. The van der Waals surface area contributed by atoms with Crippen molar-refractivity contribution >= 4 is 47.2 Å². The van der Waals surface area contributed by atoms with Gasteiger partial charge in [0.05, 0.1) is 11.4 Å². The number of carbonyl (C=O) groups excluding carboxylic acids is 4. The van der Waals surface area contributed by atoms with E-state index in [1.165, 1.54) is 20.8 Å². The van der Waals surface area contributed by atoms with E-state index in [-0.39, 0.29) is 26.1 Å². The Morgan fingerprint density at radius 2 is 1.86 bits per heavy atom. The van der Waals surface area contributed by atoms with Crippen LogP contribution < -0.4 is 10.2 Å². The molecule has 0 spiro atoms. The average molecular weight is 588 g/mol. The first kappa shape index (κ1) is 28.4. The molecule has 1 aliphatic rings. The van der Waals surface area contributed by atoms with Crippen LogP contribution in [0.4, 0.5) is 11.4 Å². The third kappa shape index (κ3) is 6.28. The Morgan fingerprint density at radius 1 is 1.05 bits per heavy atom. The van der Waals surface area contributed by atoms with Crippen LogP contribution in [-0.2, 0) is 36.9 Å². The van der Waals surface area contributed by atoms with Crippen molar-refractivity contribution in [2.24, 2.45) is 0 Å². The second kappa shape index (κ2) is 12.6. The maximum atomic E-state index is 13.7. The van der Waals surface area contributed by atoms with E-state index in [9.17, 15) is 19.2 Å². The lowest BCUT2D eigenvalue weighted by atomic mass is 10.0. The molecule has 4 aromatic rings. The lowest BCUT2D eigenvalue weighted by molar-refractivity contribution is -0.143. The molecule has 214 valence electrons. The summed E-state index contributed by atoms with van der Waals surface area (Å²) in [6.45, 7) is 1.62. The van der Waals surface area contributed by atoms with Gasteiger partial charge in [0.1, 0.15) is 32.1 Å². The van der Waals surface area contributed by atoms with Crippen molar-refractivity contribution in [3.05, 3.63) is 94.8 Å². The molecule has 0 radical (unpaired) electrons. The first-order valence-electron chi connectivity index (χ1n) is 13.0. The number of halogens is 1. The molecule has 3 aromatic carbocycles. The number of nitrogens with one attached hydrogen (secondary N) is 1. The maximum Gasteiger partial charge on any atom is 0.293 e. The Hall–Kier alpha value is -5.10. The fourth-order valence-corrected chi connectivity index (χ4v) is 4.92. The summed E-state index contributed by atoms with van der Waals surface area (Å²) in [5.74, 6) is -1.28. The normalized spacial score (nSPS) is 14.0. The van der Waals surface area contributed by atoms with Crippen molar-refractivity contribution in [1.82, 2.24) is 25.1 Å². The van der Waals surface area contributed by atoms with Crippen LogP contribution in [0.2, 0.25) is 5.02 Å². The van der Waals surface area contributed by atoms with Crippen LogP contribution in [0.3, 0.4) is 0 Å². The zero-order valence-electron chi connectivity index (χ0n) is 22.5. The monoisotopic (exact) mass is 587 g/mol. The molecule has 1 fully saturated rings. The molecule has 5 rings (SSSR count). The average Bonchev–Trinajstić information content (AvgIpc) is 3.53. The van der Waals surface area contributed by atoms with Gasteiger partial charge in [-0.25, -0.2) is 0 Å². The number of carbonyl (C=O) groups is 4. The molecule has 3 amide bonds. The summed E-state index contributed by atoms with van der Waals surface area (Å²) < 4.78 is 6.26. The number of piperazine rings is 1. The third-order valence-corrected chi connectivity index (χ3v) is 7.15. The Bertz CT molecular complexity index is 1610. The van der Waals surface area contributed by atoms with E-state index in [1.54, 1.807) is 36.4 Å². The first-order valence-corrected chi connectivity index (χ1v) is 13.3. The minimum absolute atomic E-state index is 0.0532. The van der Waals surface area contributed by atoms with Crippen LogP contribution in [0.5, 0.6) is 0 Å². The molecule has 0 saturated carbocycles. The summed E-state index contributed by atoms with van der Waals surface area (Å²) in [7, 11) is 0. The fraction of sp³-hybridized carbons (Fsp3) is 0.207. The number of tetrazole rings is 1. The molecule has 13 heteroatoms. The Kier molecular flexibility index (Phi) is 8.53. The second-order valence-electron chi connectivity index (χ2n) is 9.63. The van der Waals surface area contributed by atoms with Crippen molar-refractivity contribution in [3.63, 3.8) is 0 Å². The van der Waals surface area contributed by atoms with Gasteiger partial charge in [-0.15, -0.1) is 5.10 Å². The molecule has 1 N–H and O–H groups in total. The minimum Gasteiger partial charge on any atom is -0.463 e. The van der Waals surface area contributed by atoms with Gasteiger partial charge in [-0.05, 0) is 64.4 Å². The molecule has 0 aliphatic carbocycles. The highest BCUT2D eigenvalue weighted by Gasteiger charge is 2.39. The van der Waals surface area contributed by atoms with Crippen molar-refractivity contribution < 1.29 is 23.9 Å². The predicted octanol–water partition coefficient (Wildman–Crippen LogP) is 2.72. The lowest BCUT2D eigenvalue weighted by Crippen LogP contribution is -2.60. The largest absolute Gasteiger partial charge is 0.463 e. The highest BCUT2D eigenvalue weighted by Crippen LogP contribution is 2.30. The maximum absolute atomic E-state index is 13.7. The summed E-state index contributed by atoms with van der Waals surface area (Å²) >= 11 is 6.25. The van der Waals surface area contributed by atoms with Crippen molar-refractivity contribution in [1.29, 1.82) is 0 Å². The quantitative estimate of drug-likeness (QED) is 0.279. The molecule has 1 aromatic heterocycles. The van der Waals surface area contributed by atoms with E-state index in [2.05, 4.69) is 20.8 Å². The SMILES string of the molecule is Cc1ccc(NC(=O)C(Cc2ccccc2)N2CC(=O)N(c3cc(Cl)ccc3-n3cnnn3)CC2=O)cc1COC=O. The van der Waals surface area contributed by atoms with Gasteiger partial charge in [-0.3, -0.25) is 24.1 Å². The molecule has 42 heavy (non-hydrogen) atoms. The molecular formula is C29H26ClN7O5. The standard InChI is InChI=1S/C29H26ClN7O5/c1-19-7-9-23(12-21(19)16-42-18-38)32-29(41)26(11-20-5-3-2-4-6-20)36-15-27(39)35(14-28(36)40)25-13-22(30)8-10-24(25)37-17-31-33-34-37/h2-10,12-13,17-18,26H,11,14-16H2,1H3,(H,32,41). The molecule has 2 heterocycles. The third-order valence-electron chi connectivity index (χ3n) is 6.92. The molecule has 1 unspecified atom stereocenters. The molecule has 12 nitrogen and oxygen atoms in total. The molecule has 1 aliphatic heterocycles. The number of aryl methyl sites for hydroxylation is 1. The van der Waals surface area contributed by atoms with Gasteiger partial charge in [-0.2, -0.15) is 4.68 Å². The number of anilines is 2. The van der Waals surface area contributed by atoms with Crippen LogP contribution in [0.1, 0.15) is 16.7 Å². The van der Waals surface area contributed by atoms with Crippen LogP contribution in [0.25, 0.3) is 5.69 Å². The van der Waals surface area contributed by atoms with E-state index in [0.29, 0.717) is 28.6 Å². The van der Waals surface area contributed by atoms with Gasteiger partial charge in [0.25, 0.3) is 6.47 Å². The second-order valence-corrected chi connectivity index (χ2v) is 10.1. The van der Waals surface area contributed by atoms with Gasteiger partial charge < -0.3 is 15.0 Å². The Morgan fingerprint density at radius 3 is 2.60 bits per heavy atom. The number of benzene rings is 3. The summed E-state index contributed by atoms with van der Waals surface area (Å²) in [6, 6.07) is 18.3. The number of hydrogen-bond acceptors (Lipinski definition) is 8. The highest BCUT2D eigenvalue weighted by molar-refractivity contribution is 6.31. The van der Waals surface area contributed by atoms with Gasteiger partial charge in [0.2, 0.25) is 17.7 Å². The predicted molar refractivity (Wildman–Crippen MR) is 153 cm³/mol. The van der Waals surface area contributed by atoms with Crippen molar-refractivity contribution in [3.8, 4) is 5.69 Å². The van der Waals surface area contributed by atoms with Crippen molar-refractivity contribution in [2.45, 2.75) is 26.0 Å². The van der Waals surface area contributed by atoms with Gasteiger partial charge >= 0.3 is 0 Å². The van der Waals surface area contributed by atoms with E-state index in [0.717, 1.165) is 16.7 Å². The molecular weight excluding hydrogens is 562 g/mol. The van der Waals surface area contributed by atoms with Gasteiger partial charge in [0.15, 0.2) is 0 Å². The summed E-state index contributed by atoms with van der Waals surface area (Å²) in [5, 5.41) is 14.4. The van der Waals surface area contributed by atoms with E-state index in [1.807, 2.05) is 37.3 Å². The smallest absolute Gasteiger partial charge is 0.293 e. The molecule has 1 atom stereocenters. The zero-order chi connectivity index (χ0) is 29.6. The van der Waals surface area contributed by atoms with Crippen LogP contribution in [-0.4, -0.2) is 68.4 Å². The summed E-state index contributed by atoms with van der Waals surface area (Å²) in [6.07, 6.45) is 1.56.